The van der Waals surface area contributed by atoms with Crippen LogP contribution in [0.5, 0.6) is 0 Å². The van der Waals surface area contributed by atoms with Crippen LogP contribution in [0.3, 0.4) is 0 Å². The van der Waals surface area contributed by atoms with E-state index in [1.807, 2.05) is 12.1 Å². The lowest BCUT2D eigenvalue weighted by atomic mass is 9.92. The van der Waals surface area contributed by atoms with Gasteiger partial charge >= 0.3 is 5.97 Å². The van der Waals surface area contributed by atoms with Gasteiger partial charge in [0, 0.05) is 16.7 Å². The molecule has 18 heavy (non-hydrogen) atoms. The minimum absolute atomic E-state index is 0.00431. The van der Waals surface area contributed by atoms with Crippen molar-refractivity contribution in [3.05, 3.63) is 41.6 Å². The molecule has 94 valence electrons. The Balaban J connectivity index is 2.40. The molecule has 0 unspecified atom stereocenters. The van der Waals surface area contributed by atoms with Crippen LogP contribution in [0.1, 0.15) is 36.8 Å². The first kappa shape index (κ1) is 12.4. The fraction of sp³-hybridized carbons (Fsp3) is 0.286. The number of carboxylic acid groups (broad SMARTS) is 1. The molecule has 4 heteroatoms. The zero-order chi connectivity index (χ0) is 13.3. The summed E-state index contributed by atoms with van der Waals surface area (Å²) in [5.41, 5.74) is 2.87. The van der Waals surface area contributed by atoms with Gasteiger partial charge in [-0.25, -0.2) is 4.79 Å². The third-order valence-electron chi connectivity index (χ3n) is 2.79. The van der Waals surface area contributed by atoms with Gasteiger partial charge in [-0.15, -0.1) is 0 Å². The van der Waals surface area contributed by atoms with Gasteiger partial charge in [0.25, 0.3) is 0 Å². The van der Waals surface area contributed by atoms with Gasteiger partial charge < -0.3 is 5.11 Å². The lowest BCUT2D eigenvalue weighted by Crippen LogP contribution is -2.11. The van der Waals surface area contributed by atoms with Crippen molar-refractivity contribution in [1.29, 1.82) is 0 Å². The largest absolute Gasteiger partial charge is 0.478 e. The van der Waals surface area contributed by atoms with Crippen molar-refractivity contribution in [3.8, 4) is 11.3 Å². The second-order valence-corrected chi connectivity index (χ2v) is 5.30. The van der Waals surface area contributed by atoms with E-state index in [2.05, 4.69) is 31.0 Å². The second kappa shape index (κ2) is 4.29. The van der Waals surface area contributed by atoms with E-state index in [0.717, 1.165) is 17.0 Å². The van der Waals surface area contributed by atoms with Crippen molar-refractivity contribution in [3.63, 3.8) is 0 Å². The maximum atomic E-state index is 10.9. The molecule has 2 N–H and O–H groups in total. The number of hydrogen-bond donors (Lipinski definition) is 2. The third kappa shape index (κ3) is 2.42. The molecular formula is C14H16N2O2. The normalized spacial score (nSPS) is 11.5. The van der Waals surface area contributed by atoms with Crippen LogP contribution in [0.25, 0.3) is 11.3 Å². The van der Waals surface area contributed by atoms with Crippen LogP contribution in [0, 0.1) is 0 Å². The number of aromatic nitrogens is 2. The third-order valence-corrected chi connectivity index (χ3v) is 2.79. The maximum absolute atomic E-state index is 10.9. The number of hydrogen-bond acceptors (Lipinski definition) is 2. The SMILES string of the molecule is CC(C)(C)c1cc(-c2cccc(C(=O)O)c2)n[nH]1. The zero-order valence-electron chi connectivity index (χ0n) is 10.7. The standard InChI is InChI=1S/C14H16N2O2/c1-14(2,3)12-8-11(15-16-12)9-5-4-6-10(7-9)13(17)18/h4-8H,1-3H3,(H,15,16)(H,17,18). The van der Waals surface area contributed by atoms with E-state index in [-0.39, 0.29) is 11.0 Å². The summed E-state index contributed by atoms with van der Waals surface area (Å²) in [7, 11) is 0. The van der Waals surface area contributed by atoms with E-state index in [9.17, 15) is 4.79 Å². The molecule has 0 aliphatic carbocycles. The highest BCUT2D eigenvalue weighted by Gasteiger charge is 2.17. The molecule has 1 aromatic heterocycles. The van der Waals surface area contributed by atoms with Crippen molar-refractivity contribution >= 4 is 5.97 Å². The average molecular weight is 244 g/mol. The number of H-pyrrole nitrogens is 1. The lowest BCUT2D eigenvalue weighted by molar-refractivity contribution is 0.0697. The van der Waals surface area contributed by atoms with Crippen LogP contribution in [0.2, 0.25) is 0 Å². The van der Waals surface area contributed by atoms with Crippen molar-refractivity contribution in [2.75, 3.05) is 0 Å². The first-order chi connectivity index (χ1) is 8.38. The summed E-state index contributed by atoms with van der Waals surface area (Å²) >= 11 is 0. The number of nitrogens with one attached hydrogen (secondary N) is 1. The predicted octanol–water partition coefficient (Wildman–Crippen LogP) is 3.07. The lowest BCUT2D eigenvalue weighted by Gasteiger charge is -2.14. The number of benzene rings is 1. The molecule has 4 nitrogen and oxygen atoms in total. The monoisotopic (exact) mass is 244 g/mol. The van der Waals surface area contributed by atoms with E-state index in [1.165, 1.54) is 0 Å². The molecule has 0 aliphatic rings. The molecule has 1 aromatic carbocycles. The minimum Gasteiger partial charge on any atom is -0.478 e. The maximum Gasteiger partial charge on any atom is 0.335 e. The molecule has 0 atom stereocenters. The van der Waals surface area contributed by atoms with E-state index in [0.29, 0.717) is 0 Å². The highest BCUT2D eigenvalue weighted by Crippen LogP contribution is 2.25. The minimum atomic E-state index is -0.927. The number of aromatic amines is 1. The van der Waals surface area contributed by atoms with Crippen LogP contribution in [0.15, 0.2) is 30.3 Å². The van der Waals surface area contributed by atoms with Gasteiger partial charge in [-0.2, -0.15) is 5.10 Å². The molecule has 0 saturated heterocycles. The predicted molar refractivity (Wildman–Crippen MR) is 69.7 cm³/mol. The Labute approximate surface area is 106 Å². The topological polar surface area (TPSA) is 66.0 Å². The number of carboxylic acids is 1. The van der Waals surface area contributed by atoms with Crippen LogP contribution in [-0.4, -0.2) is 21.3 Å². The first-order valence-electron chi connectivity index (χ1n) is 5.77. The first-order valence-corrected chi connectivity index (χ1v) is 5.77. The molecule has 0 amide bonds. The summed E-state index contributed by atoms with van der Waals surface area (Å²) in [5.74, 6) is -0.927. The van der Waals surface area contributed by atoms with E-state index in [4.69, 9.17) is 5.11 Å². The van der Waals surface area contributed by atoms with Crippen molar-refractivity contribution < 1.29 is 9.90 Å². The van der Waals surface area contributed by atoms with Crippen LogP contribution >= 0.6 is 0 Å². The molecule has 2 aromatic rings. The summed E-state index contributed by atoms with van der Waals surface area (Å²) in [6.45, 7) is 6.29. The van der Waals surface area contributed by atoms with E-state index in [1.54, 1.807) is 18.2 Å². The highest BCUT2D eigenvalue weighted by molar-refractivity contribution is 5.89. The average Bonchev–Trinajstić information content (AvgIpc) is 2.78. The number of rotatable bonds is 2. The molecule has 0 aliphatic heterocycles. The Morgan fingerprint density at radius 1 is 1.28 bits per heavy atom. The van der Waals surface area contributed by atoms with Gasteiger partial charge in [0.05, 0.1) is 11.3 Å². The molecule has 0 bridgehead atoms. The fourth-order valence-corrected chi connectivity index (χ4v) is 1.67. The van der Waals surface area contributed by atoms with Gasteiger partial charge in [0.2, 0.25) is 0 Å². The van der Waals surface area contributed by atoms with Crippen LogP contribution in [0.4, 0.5) is 0 Å². The Kier molecular flexibility index (Phi) is 2.95. The molecule has 0 fully saturated rings. The number of carbonyl (C=O) groups is 1. The van der Waals surface area contributed by atoms with Crippen molar-refractivity contribution in [2.45, 2.75) is 26.2 Å². The molecule has 0 saturated carbocycles. The summed E-state index contributed by atoms with van der Waals surface area (Å²) < 4.78 is 0. The Morgan fingerprint density at radius 2 is 2.00 bits per heavy atom. The summed E-state index contributed by atoms with van der Waals surface area (Å²) in [6, 6.07) is 8.74. The zero-order valence-corrected chi connectivity index (χ0v) is 10.7. The van der Waals surface area contributed by atoms with Gasteiger partial charge in [-0.1, -0.05) is 32.9 Å². The van der Waals surface area contributed by atoms with Crippen LogP contribution in [-0.2, 0) is 5.41 Å². The summed E-state index contributed by atoms with van der Waals surface area (Å²) in [6.07, 6.45) is 0. The van der Waals surface area contributed by atoms with Gasteiger partial charge in [0.15, 0.2) is 0 Å². The fourth-order valence-electron chi connectivity index (χ4n) is 1.67. The molecule has 1 heterocycles. The van der Waals surface area contributed by atoms with Gasteiger partial charge in [-0.3, -0.25) is 5.10 Å². The van der Waals surface area contributed by atoms with Crippen molar-refractivity contribution in [2.24, 2.45) is 0 Å². The van der Waals surface area contributed by atoms with Gasteiger partial charge in [-0.05, 0) is 18.2 Å². The second-order valence-electron chi connectivity index (χ2n) is 5.30. The summed E-state index contributed by atoms with van der Waals surface area (Å²) in [5, 5.41) is 16.2. The molecule has 0 spiro atoms. The molecule has 2 rings (SSSR count). The highest BCUT2D eigenvalue weighted by atomic mass is 16.4. The van der Waals surface area contributed by atoms with Crippen molar-refractivity contribution in [1.82, 2.24) is 10.2 Å². The van der Waals surface area contributed by atoms with Crippen LogP contribution < -0.4 is 0 Å². The Morgan fingerprint density at radius 3 is 2.56 bits per heavy atom. The number of aromatic carboxylic acids is 1. The summed E-state index contributed by atoms with van der Waals surface area (Å²) in [4.78, 5) is 10.9. The van der Waals surface area contributed by atoms with E-state index >= 15 is 0 Å². The molecular weight excluding hydrogens is 228 g/mol. The van der Waals surface area contributed by atoms with Gasteiger partial charge in [0.1, 0.15) is 0 Å². The molecule has 0 radical (unpaired) electrons. The number of nitrogens with zero attached hydrogens (tertiary/aromatic N) is 1. The smallest absolute Gasteiger partial charge is 0.335 e. The Bertz CT molecular complexity index is 579. The van der Waals surface area contributed by atoms with E-state index < -0.39 is 5.97 Å². The Hall–Kier alpha value is -2.10. The quantitative estimate of drug-likeness (QED) is 0.853.